The van der Waals surface area contributed by atoms with Crippen molar-refractivity contribution in [1.29, 1.82) is 0 Å². The summed E-state index contributed by atoms with van der Waals surface area (Å²) in [4.78, 5) is 0. The molecule has 170 valence electrons. The van der Waals surface area contributed by atoms with Gasteiger partial charge in [0.2, 0.25) is 0 Å². The maximum atomic E-state index is 6.15. The second-order valence-corrected chi connectivity index (χ2v) is 9.11. The molecule has 0 aliphatic carbocycles. The minimum Gasteiger partial charge on any atom is -0.378 e. The molecule has 2 unspecified atom stereocenters. The molecule has 0 fully saturated rings. The molecule has 2 rings (SSSR count). The Bertz CT molecular complexity index is 604. The van der Waals surface area contributed by atoms with Gasteiger partial charge in [-0.15, -0.1) is 0 Å². The minimum atomic E-state index is -0.00399. The number of ether oxygens (including phenoxy) is 1. The van der Waals surface area contributed by atoms with Gasteiger partial charge in [-0.1, -0.05) is 83.4 Å². The van der Waals surface area contributed by atoms with Crippen molar-refractivity contribution in [3.05, 3.63) is 35.4 Å². The van der Waals surface area contributed by atoms with E-state index in [0.717, 1.165) is 26.1 Å². The molecule has 0 radical (unpaired) electrons. The number of benzene rings is 1. The van der Waals surface area contributed by atoms with Crippen LogP contribution in [0, 0.1) is 5.92 Å². The van der Waals surface area contributed by atoms with Gasteiger partial charge in [-0.3, -0.25) is 0 Å². The van der Waals surface area contributed by atoms with Gasteiger partial charge in [0, 0.05) is 18.6 Å². The Morgan fingerprint density at radius 1 is 0.933 bits per heavy atom. The molecule has 4 heteroatoms. The van der Waals surface area contributed by atoms with Crippen LogP contribution < -0.4 is 0 Å². The van der Waals surface area contributed by atoms with E-state index in [4.69, 9.17) is 8.92 Å². The first-order valence-corrected chi connectivity index (χ1v) is 12.7. The molecule has 0 N–H and O–H groups in total. The number of hydrogen-bond acceptors (Lipinski definition) is 3. The molecule has 0 bridgehead atoms. The van der Waals surface area contributed by atoms with E-state index in [0.29, 0.717) is 12.5 Å². The van der Waals surface area contributed by atoms with E-state index >= 15 is 0 Å². The van der Waals surface area contributed by atoms with Crippen LogP contribution >= 0.6 is 12.9 Å². The van der Waals surface area contributed by atoms with Gasteiger partial charge in [0.05, 0.1) is 6.61 Å². The van der Waals surface area contributed by atoms with Crippen LogP contribution in [-0.4, -0.2) is 43.2 Å². The maximum Gasteiger partial charge on any atom is 0.172 e. The first-order valence-electron chi connectivity index (χ1n) is 12.3. The normalized spacial score (nSPS) is 15.5. The van der Waals surface area contributed by atoms with Gasteiger partial charge >= 0.3 is 0 Å². The van der Waals surface area contributed by atoms with Gasteiger partial charge in [0.1, 0.15) is 6.54 Å². The van der Waals surface area contributed by atoms with Gasteiger partial charge in [-0.05, 0) is 43.3 Å². The molecule has 0 amide bonds. The summed E-state index contributed by atoms with van der Waals surface area (Å²) in [5, 5.41) is 0. The van der Waals surface area contributed by atoms with Crippen molar-refractivity contribution in [2.45, 2.75) is 90.6 Å². The molecule has 1 heterocycles. The zero-order chi connectivity index (χ0) is 21.4. The number of unbranched alkanes of at least 4 members (excludes halogenated alkanes) is 6. The fourth-order valence-electron chi connectivity index (χ4n) is 4.33. The molecule has 2 atom stereocenters. The van der Waals surface area contributed by atoms with Crippen molar-refractivity contribution in [3.8, 4) is 0 Å². The minimum absolute atomic E-state index is 0.00399. The Hall–Kier alpha value is -0.840. The molecule has 30 heavy (non-hydrogen) atoms. The van der Waals surface area contributed by atoms with Gasteiger partial charge in [0.25, 0.3) is 0 Å². The second kappa shape index (κ2) is 15.9. The lowest BCUT2D eigenvalue weighted by Gasteiger charge is -2.20. The van der Waals surface area contributed by atoms with E-state index in [-0.39, 0.29) is 6.10 Å². The Balaban J connectivity index is 1.74. The number of thiol groups is 1. The third kappa shape index (κ3) is 9.98. The lowest BCUT2D eigenvalue weighted by Crippen LogP contribution is -2.33. The molecule has 0 aromatic heterocycles. The third-order valence-electron chi connectivity index (χ3n) is 6.22. The van der Waals surface area contributed by atoms with E-state index in [1.165, 1.54) is 75.3 Å². The van der Waals surface area contributed by atoms with Gasteiger partial charge in [-0.25, -0.2) is 4.58 Å². The SMILES string of the molecule is CCCCCCCC(CCCCC)COCC(C[N+]1=Cc2ccccc2CC1)OS. The molecule has 1 aliphatic rings. The van der Waals surface area contributed by atoms with Crippen LogP contribution in [0.4, 0.5) is 0 Å². The van der Waals surface area contributed by atoms with Crippen molar-refractivity contribution in [1.82, 2.24) is 0 Å². The van der Waals surface area contributed by atoms with Crippen molar-refractivity contribution in [3.63, 3.8) is 0 Å². The number of rotatable bonds is 17. The second-order valence-electron chi connectivity index (χ2n) is 8.90. The molecule has 1 aromatic rings. The molecule has 1 aliphatic heterocycles. The average molecular weight is 435 g/mol. The highest BCUT2D eigenvalue weighted by molar-refractivity contribution is 7.75. The zero-order valence-electron chi connectivity index (χ0n) is 19.4. The average Bonchev–Trinajstić information content (AvgIpc) is 2.77. The molecule has 0 saturated carbocycles. The fourth-order valence-corrected chi connectivity index (χ4v) is 4.46. The fraction of sp³-hybridized carbons (Fsp3) is 0.731. The predicted octanol–water partition coefficient (Wildman–Crippen LogP) is 6.48. The first-order chi connectivity index (χ1) is 14.8. The first kappa shape index (κ1) is 25.4. The summed E-state index contributed by atoms with van der Waals surface area (Å²) in [6.45, 7) is 7.90. The Morgan fingerprint density at radius 3 is 2.40 bits per heavy atom. The summed E-state index contributed by atoms with van der Waals surface area (Å²) in [6.07, 6.45) is 16.7. The topological polar surface area (TPSA) is 21.5 Å². The Labute approximate surface area is 190 Å². The van der Waals surface area contributed by atoms with Gasteiger partial charge < -0.3 is 8.92 Å². The van der Waals surface area contributed by atoms with Crippen LogP contribution in [0.3, 0.4) is 0 Å². The summed E-state index contributed by atoms with van der Waals surface area (Å²) < 4.78 is 14.0. The molecule has 0 saturated heterocycles. The summed E-state index contributed by atoms with van der Waals surface area (Å²) >= 11 is 4.13. The number of hydrogen-bond donors (Lipinski definition) is 1. The van der Waals surface area contributed by atoms with Crippen LogP contribution in [0.5, 0.6) is 0 Å². The summed E-state index contributed by atoms with van der Waals surface area (Å²) in [5.74, 6) is 0.687. The smallest absolute Gasteiger partial charge is 0.172 e. The van der Waals surface area contributed by atoms with E-state index in [1.54, 1.807) is 0 Å². The molecule has 1 aromatic carbocycles. The van der Waals surface area contributed by atoms with Gasteiger partial charge in [-0.2, -0.15) is 0 Å². The molecule has 0 spiro atoms. The Kier molecular flexibility index (Phi) is 13.5. The van der Waals surface area contributed by atoms with Crippen LogP contribution in [0.25, 0.3) is 0 Å². The van der Waals surface area contributed by atoms with Crippen molar-refractivity contribution in [2.75, 3.05) is 26.3 Å². The number of fused-ring (bicyclic) bond motifs is 1. The van der Waals surface area contributed by atoms with Crippen molar-refractivity contribution in [2.24, 2.45) is 5.92 Å². The molecular weight excluding hydrogens is 390 g/mol. The van der Waals surface area contributed by atoms with Gasteiger partial charge in [0.15, 0.2) is 18.9 Å². The van der Waals surface area contributed by atoms with Crippen molar-refractivity contribution < 1.29 is 13.5 Å². The summed E-state index contributed by atoms with van der Waals surface area (Å²) in [7, 11) is 0. The third-order valence-corrected chi connectivity index (χ3v) is 6.52. The maximum absolute atomic E-state index is 6.15. The lowest BCUT2D eigenvalue weighted by molar-refractivity contribution is -0.532. The largest absolute Gasteiger partial charge is 0.378 e. The predicted molar refractivity (Wildman–Crippen MR) is 131 cm³/mol. The van der Waals surface area contributed by atoms with Crippen LogP contribution in [-0.2, 0) is 15.3 Å². The molecular formula is C26H44NO2S+. The highest BCUT2D eigenvalue weighted by Crippen LogP contribution is 2.19. The van der Waals surface area contributed by atoms with Crippen molar-refractivity contribution >= 4 is 19.1 Å². The van der Waals surface area contributed by atoms with E-state index in [9.17, 15) is 0 Å². The quantitative estimate of drug-likeness (QED) is 0.131. The highest BCUT2D eigenvalue weighted by Gasteiger charge is 2.21. The standard InChI is InChI=1S/C26H43NO2S/c1-3-5-7-8-10-14-23(13-9-6-4-2)21-28-22-26(29-30)20-27-18-17-24-15-11-12-16-25(24)19-27/h11-12,15-16,19,23,26H,3-10,13-14,17-18,20-22H2,1-2H3/p+1. The van der Waals surface area contributed by atoms with Crippen LogP contribution in [0.2, 0.25) is 0 Å². The van der Waals surface area contributed by atoms with E-state index in [2.05, 4.69) is 61.8 Å². The summed E-state index contributed by atoms with van der Waals surface area (Å²) in [6, 6.07) is 8.64. The Morgan fingerprint density at radius 2 is 1.63 bits per heavy atom. The highest BCUT2D eigenvalue weighted by atomic mass is 32.1. The van der Waals surface area contributed by atoms with Crippen LogP contribution in [0.15, 0.2) is 24.3 Å². The number of nitrogens with zero attached hydrogens (tertiary/aromatic N) is 1. The lowest BCUT2D eigenvalue weighted by atomic mass is 9.95. The summed E-state index contributed by atoms with van der Waals surface area (Å²) in [5.41, 5.74) is 2.75. The zero-order valence-corrected chi connectivity index (χ0v) is 20.3. The van der Waals surface area contributed by atoms with E-state index in [1.807, 2.05) is 0 Å². The monoisotopic (exact) mass is 434 g/mol. The molecule has 3 nitrogen and oxygen atoms in total. The van der Waals surface area contributed by atoms with E-state index < -0.39 is 0 Å². The van der Waals surface area contributed by atoms with Crippen LogP contribution in [0.1, 0.15) is 89.2 Å².